The smallest absolute Gasteiger partial charge is 0.0231 e. The highest BCUT2D eigenvalue weighted by atomic mass is 14.1. The van der Waals surface area contributed by atoms with Gasteiger partial charge in [0.1, 0.15) is 0 Å². The molecule has 0 nitrogen and oxygen atoms in total. The summed E-state index contributed by atoms with van der Waals surface area (Å²) in [6, 6.07) is 0. The van der Waals surface area contributed by atoms with E-state index in [2.05, 4.69) is 26.3 Å². The molecule has 0 atom stereocenters. The third-order valence-corrected chi connectivity index (χ3v) is 2.05. The third-order valence-electron chi connectivity index (χ3n) is 2.05. The molecule has 1 radical (unpaired) electrons. The lowest BCUT2D eigenvalue weighted by molar-refractivity contribution is 0.481. The first-order valence-electron chi connectivity index (χ1n) is 4.26. The Kier molecular flexibility index (Phi) is 2.98. The normalized spacial score (nSPS) is 20.6. The lowest BCUT2D eigenvalue weighted by atomic mass is 9.88. The van der Waals surface area contributed by atoms with Gasteiger partial charge in [-0.3, -0.25) is 0 Å². The van der Waals surface area contributed by atoms with Gasteiger partial charge in [0.25, 0.3) is 0 Å². The molecule has 0 spiro atoms. The van der Waals surface area contributed by atoms with Crippen LogP contribution in [0.15, 0.2) is 11.6 Å². The Hall–Kier alpha value is -0.260. The van der Waals surface area contributed by atoms with E-state index in [1.54, 1.807) is 0 Å². The molecule has 0 aromatic rings. The van der Waals surface area contributed by atoms with E-state index < -0.39 is 0 Å². The van der Waals surface area contributed by atoms with Gasteiger partial charge in [-0.1, -0.05) is 11.6 Å². The van der Waals surface area contributed by atoms with Crippen molar-refractivity contribution in [3.05, 3.63) is 18.1 Å². The van der Waals surface area contributed by atoms with Crippen LogP contribution in [0.2, 0.25) is 0 Å². The van der Waals surface area contributed by atoms with Crippen molar-refractivity contribution in [2.75, 3.05) is 0 Å². The van der Waals surface area contributed by atoms with E-state index in [1.165, 1.54) is 31.3 Å². The first kappa shape index (κ1) is 7.84. The second-order valence-corrected chi connectivity index (χ2v) is 3.45. The van der Waals surface area contributed by atoms with Gasteiger partial charge in [-0.25, -0.2) is 0 Å². The Morgan fingerprint density at radius 1 is 1.30 bits per heavy atom. The van der Waals surface area contributed by atoms with Crippen LogP contribution in [0, 0.1) is 12.3 Å². The molecule has 0 saturated heterocycles. The molecule has 0 N–H and O–H groups in total. The second-order valence-electron chi connectivity index (χ2n) is 3.45. The minimum absolute atomic E-state index is 0.884. The maximum absolute atomic E-state index is 2.42. The summed E-state index contributed by atoms with van der Waals surface area (Å²) in [4.78, 5) is 0. The van der Waals surface area contributed by atoms with E-state index in [0.29, 0.717) is 0 Å². The van der Waals surface area contributed by atoms with Crippen LogP contribution in [0.3, 0.4) is 0 Å². The average molecular weight is 137 g/mol. The van der Waals surface area contributed by atoms with Gasteiger partial charge in [-0.15, -0.1) is 0 Å². The Bertz CT molecular complexity index is 112. The highest BCUT2D eigenvalue weighted by molar-refractivity contribution is 4.99. The van der Waals surface area contributed by atoms with Crippen molar-refractivity contribution < 1.29 is 0 Å². The molecule has 0 aromatic carbocycles. The Morgan fingerprint density at radius 3 is 2.40 bits per heavy atom. The molecule has 0 heterocycles. The molecule has 1 fully saturated rings. The largest absolute Gasteiger partial charge is 0.0828 e. The fourth-order valence-electron chi connectivity index (χ4n) is 1.59. The third kappa shape index (κ3) is 2.55. The summed E-state index contributed by atoms with van der Waals surface area (Å²) >= 11 is 0. The lowest BCUT2D eigenvalue weighted by Crippen LogP contribution is -2.03. The lowest BCUT2D eigenvalue weighted by Gasteiger charge is -2.17. The van der Waals surface area contributed by atoms with E-state index in [-0.39, 0.29) is 0 Å². The van der Waals surface area contributed by atoms with E-state index >= 15 is 0 Å². The Labute approximate surface area is 64.3 Å². The summed E-state index contributed by atoms with van der Waals surface area (Å²) in [5, 5.41) is 0. The highest BCUT2D eigenvalue weighted by Gasteiger charge is 2.09. The Morgan fingerprint density at radius 2 is 1.90 bits per heavy atom. The summed E-state index contributed by atoms with van der Waals surface area (Å²) < 4.78 is 0. The van der Waals surface area contributed by atoms with Crippen molar-refractivity contribution in [1.82, 2.24) is 0 Å². The Balaban J connectivity index is 2.33. The summed E-state index contributed by atoms with van der Waals surface area (Å²) in [5.74, 6) is 0.884. The molecule has 0 heteroatoms. The first-order chi connectivity index (χ1) is 4.79. The zero-order valence-corrected chi connectivity index (χ0v) is 7.06. The molecular weight excluding hydrogens is 120 g/mol. The topological polar surface area (TPSA) is 0 Å². The predicted molar refractivity (Wildman–Crippen MR) is 45.7 cm³/mol. The molecule has 0 aromatic heterocycles. The quantitative estimate of drug-likeness (QED) is 0.486. The van der Waals surface area contributed by atoms with Crippen molar-refractivity contribution in [3.8, 4) is 0 Å². The van der Waals surface area contributed by atoms with Gasteiger partial charge in [0.15, 0.2) is 0 Å². The van der Waals surface area contributed by atoms with Crippen molar-refractivity contribution in [2.45, 2.75) is 39.5 Å². The minimum Gasteiger partial charge on any atom is -0.0828 e. The van der Waals surface area contributed by atoms with Crippen LogP contribution in [0.1, 0.15) is 39.5 Å². The maximum Gasteiger partial charge on any atom is -0.0231 e. The van der Waals surface area contributed by atoms with E-state index in [4.69, 9.17) is 0 Å². The van der Waals surface area contributed by atoms with Crippen LogP contribution in [-0.2, 0) is 0 Å². The van der Waals surface area contributed by atoms with Gasteiger partial charge in [0, 0.05) is 0 Å². The molecule has 0 bridgehead atoms. The van der Waals surface area contributed by atoms with E-state index in [1.807, 2.05) is 0 Å². The van der Waals surface area contributed by atoms with Crippen molar-refractivity contribution in [2.24, 2.45) is 5.92 Å². The van der Waals surface area contributed by atoms with E-state index in [9.17, 15) is 0 Å². The first-order valence-corrected chi connectivity index (χ1v) is 4.26. The highest BCUT2D eigenvalue weighted by Crippen LogP contribution is 2.24. The predicted octanol–water partition coefficient (Wildman–Crippen LogP) is 3.35. The van der Waals surface area contributed by atoms with Crippen LogP contribution < -0.4 is 0 Å². The van der Waals surface area contributed by atoms with Gasteiger partial charge in [0.05, 0.1) is 0 Å². The van der Waals surface area contributed by atoms with Crippen LogP contribution in [0.4, 0.5) is 0 Å². The average Bonchev–Trinajstić information content (AvgIpc) is 1.88. The summed E-state index contributed by atoms with van der Waals surface area (Å²) in [5.41, 5.74) is 1.48. The molecule has 1 saturated carbocycles. The summed E-state index contributed by atoms with van der Waals surface area (Å²) in [6.07, 6.45) is 10.3. The van der Waals surface area contributed by atoms with Crippen molar-refractivity contribution in [3.63, 3.8) is 0 Å². The van der Waals surface area contributed by atoms with Gasteiger partial charge >= 0.3 is 0 Å². The zero-order valence-electron chi connectivity index (χ0n) is 7.06. The fourth-order valence-corrected chi connectivity index (χ4v) is 1.59. The second kappa shape index (κ2) is 3.80. The van der Waals surface area contributed by atoms with Crippen LogP contribution in [0.25, 0.3) is 0 Å². The van der Waals surface area contributed by atoms with Gasteiger partial charge < -0.3 is 0 Å². The number of hydrogen-bond acceptors (Lipinski definition) is 0. The van der Waals surface area contributed by atoms with Gasteiger partial charge in [-0.2, -0.15) is 0 Å². The number of hydrogen-bond donors (Lipinski definition) is 0. The number of allylic oxidation sites excluding steroid dienone is 2. The molecule has 10 heavy (non-hydrogen) atoms. The van der Waals surface area contributed by atoms with Gasteiger partial charge in [-0.05, 0) is 51.9 Å². The van der Waals surface area contributed by atoms with Crippen LogP contribution >= 0.6 is 0 Å². The van der Waals surface area contributed by atoms with Crippen molar-refractivity contribution in [1.29, 1.82) is 0 Å². The molecule has 1 aliphatic rings. The van der Waals surface area contributed by atoms with Gasteiger partial charge in [0.2, 0.25) is 0 Å². The monoisotopic (exact) mass is 137 g/mol. The van der Waals surface area contributed by atoms with Crippen LogP contribution in [0.5, 0.6) is 0 Å². The minimum atomic E-state index is 0.884. The standard InChI is InChI=1S/C10H17/c1-9(2)8-10-6-4-3-5-7-10/h3,8,10H,4-7H2,1-2H3. The molecule has 0 amide bonds. The molecule has 1 rings (SSSR count). The number of rotatable bonds is 1. The molecule has 0 unspecified atom stereocenters. The summed E-state index contributed by atoms with van der Waals surface area (Å²) in [6.45, 7) is 4.39. The molecule has 57 valence electrons. The molecule has 1 aliphatic carbocycles. The summed E-state index contributed by atoms with van der Waals surface area (Å²) in [7, 11) is 0. The zero-order chi connectivity index (χ0) is 7.40. The fraction of sp³-hybridized carbons (Fsp3) is 0.700. The van der Waals surface area contributed by atoms with E-state index in [0.717, 1.165) is 5.92 Å². The SMILES string of the molecule is CC(C)=CC1CC[CH]CC1. The maximum atomic E-state index is 2.42. The molecule has 0 aliphatic heterocycles. The molecular formula is C10H17. The van der Waals surface area contributed by atoms with Crippen molar-refractivity contribution >= 4 is 0 Å². The van der Waals surface area contributed by atoms with Crippen LogP contribution in [-0.4, -0.2) is 0 Å².